The quantitative estimate of drug-likeness (QED) is 0.754. The van der Waals surface area contributed by atoms with E-state index < -0.39 is 0 Å². The summed E-state index contributed by atoms with van der Waals surface area (Å²) in [5, 5.41) is 5.77. The number of benzene rings is 2. The average molecular weight is 396 g/mol. The smallest absolute Gasteiger partial charge is 0.321 e. The zero-order valence-corrected chi connectivity index (χ0v) is 16.9. The van der Waals surface area contributed by atoms with E-state index in [0.29, 0.717) is 31.8 Å². The number of amides is 4. The summed E-state index contributed by atoms with van der Waals surface area (Å²) in [7, 11) is 3.40. The van der Waals surface area contributed by atoms with E-state index in [1.807, 2.05) is 54.6 Å². The summed E-state index contributed by atoms with van der Waals surface area (Å²) in [6.45, 7) is 1.79. The van der Waals surface area contributed by atoms with Gasteiger partial charge in [0.1, 0.15) is 0 Å². The Labute approximate surface area is 171 Å². The van der Waals surface area contributed by atoms with E-state index in [1.165, 1.54) is 0 Å². The molecular weight excluding hydrogens is 368 g/mol. The molecule has 7 heteroatoms. The molecule has 0 radical (unpaired) electrons. The molecule has 1 aliphatic heterocycles. The van der Waals surface area contributed by atoms with Gasteiger partial charge in [0.2, 0.25) is 0 Å². The van der Waals surface area contributed by atoms with Gasteiger partial charge in [-0.3, -0.25) is 4.90 Å². The largest absolute Gasteiger partial charge is 0.383 e. The first kappa shape index (κ1) is 20.7. The van der Waals surface area contributed by atoms with E-state index in [-0.39, 0.29) is 18.1 Å². The molecule has 4 amide bonds. The monoisotopic (exact) mass is 396 g/mol. The first-order chi connectivity index (χ1) is 14.1. The molecule has 1 atom stereocenters. The molecule has 154 valence electrons. The molecule has 0 aromatic heterocycles. The molecule has 1 heterocycles. The molecule has 1 fully saturated rings. The molecule has 2 aromatic carbocycles. The number of methoxy groups -OCH3 is 1. The molecule has 1 saturated heterocycles. The fraction of sp³-hybridized carbons (Fsp3) is 0.364. The van der Waals surface area contributed by atoms with Crippen LogP contribution in [0.3, 0.4) is 0 Å². The van der Waals surface area contributed by atoms with Gasteiger partial charge in [-0.25, -0.2) is 9.59 Å². The molecule has 2 N–H and O–H groups in total. The van der Waals surface area contributed by atoms with Crippen LogP contribution in [0, 0.1) is 0 Å². The lowest BCUT2D eigenvalue weighted by Gasteiger charge is -2.29. The fourth-order valence-corrected chi connectivity index (χ4v) is 3.39. The van der Waals surface area contributed by atoms with Gasteiger partial charge in [-0.05, 0) is 36.6 Å². The van der Waals surface area contributed by atoms with Crippen molar-refractivity contribution >= 4 is 23.4 Å². The first-order valence-corrected chi connectivity index (χ1v) is 9.80. The summed E-state index contributed by atoms with van der Waals surface area (Å²) in [6.07, 6.45) is 1.59. The van der Waals surface area contributed by atoms with Gasteiger partial charge >= 0.3 is 12.1 Å². The maximum atomic E-state index is 12.8. The lowest BCUT2D eigenvalue weighted by Crippen LogP contribution is -2.46. The number of hydrogen-bond acceptors (Lipinski definition) is 3. The van der Waals surface area contributed by atoms with Gasteiger partial charge in [0.05, 0.1) is 12.6 Å². The summed E-state index contributed by atoms with van der Waals surface area (Å²) in [6, 6.07) is 16.9. The van der Waals surface area contributed by atoms with E-state index in [9.17, 15) is 9.59 Å². The van der Waals surface area contributed by atoms with Gasteiger partial charge in [-0.15, -0.1) is 0 Å². The predicted octanol–water partition coefficient (Wildman–Crippen LogP) is 3.33. The minimum absolute atomic E-state index is 0.0987. The van der Waals surface area contributed by atoms with E-state index in [1.54, 1.807) is 24.0 Å². The van der Waals surface area contributed by atoms with Crippen molar-refractivity contribution in [3.8, 4) is 0 Å². The Balaban J connectivity index is 1.67. The molecule has 2 aromatic rings. The average Bonchev–Trinajstić information content (AvgIpc) is 2.74. The highest BCUT2D eigenvalue weighted by atomic mass is 16.5. The number of hydrogen-bond donors (Lipinski definition) is 2. The van der Waals surface area contributed by atoms with Crippen LogP contribution in [0.1, 0.15) is 12.0 Å². The SMILES string of the molecule is COCC(Cc1ccccc1)N(C)C(=O)Nc1cccc(N2CCCNC2=O)c1. The van der Waals surface area contributed by atoms with Gasteiger partial charge in [-0.1, -0.05) is 36.4 Å². The second kappa shape index (κ2) is 9.93. The van der Waals surface area contributed by atoms with Gasteiger partial charge in [-0.2, -0.15) is 0 Å². The number of likely N-dealkylation sites (N-methyl/N-ethyl adjacent to an activating group) is 1. The summed E-state index contributed by atoms with van der Waals surface area (Å²) in [4.78, 5) is 28.3. The number of rotatable bonds is 7. The number of nitrogens with one attached hydrogen (secondary N) is 2. The Bertz CT molecular complexity index is 828. The van der Waals surface area contributed by atoms with Gasteiger partial charge in [0, 0.05) is 38.6 Å². The summed E-state index contributed by atoms with van der Waals surface area (Å²) < 4.78 is 5.34. The number of anilines is 2. The second-order valence-electron chi connectivity index (χ2n) is 7.13. The molecule has 0 bridgehead atoms. The molecule has 7 nitrogen and oxygen atoms in total. The third-order valence-electron chi connectivity index (χ3n) is 5.03. The van der Waals surface area contributed by atoms with Crippen molar-refractivity contribution in [1.29, 1.82) is 0 Å². The van der Waals surface area contributed by atoms with Crippen LogP contribution in [0.5, 0.6) is 0 Å². The minimum atomic E-state index is -0.219. The maximum absolute atomic E-state index is 12.8. The van der Waals surface area contributed by atoms with Crippen molar-refractivity contribution in [1.82, 2.24) is 10.2 Å². The van der Waals surface area contributed by atoms with E-state index in [2.05, 4.69) is 10.6 Å². The van der Waals surface area contributed by atoms with Crippen molar-refractivity contribution < 1.29 is 14.3 Å². The van der Waals surface area contributed by atoms with Crippen LogP contribution in [0.15, 0.2) is 54.6 Å². The third-order valence-corrected chi connectivity index (χ3v) is 5.03. The lowest BCUT2D eigenvalue weighted by molar-refractivity contribution is 0.120. The number of nitrogens with zero attached hydrogens (tertiary/aromatic N) is 2. The van der Waals surface area contributed by atoms with E-state index in [4.69, 9.17) is 4.74 Å². The van der Waals surface area contributed by atoms with Crippen LogP contribution in [-0.4, -0.2) is 56.9 Å². The second-order valence-corrected chi connectivity index (χ2v) is 7.13. The van der Waals surface area contributed by atoms with Crippen LogP contribution in [0.2, 0.25) is 0 Å². The van der Waals surface area contributed by atoms with Crippen LogP contribution in [0.25, 0.3) is 0 Å². The molecule has 0 saturated carbocycles. The highest BCUT2D eigenvalue weighted by Crippen LogP contribution is 2.22. The van der Waals surface area contributed by atoms with Crippen molar-refractivity contribution in [2.75, 3.05) is 44.1 Å². The van der Waals surface area contributed by atoms with Gasteiger partial charge in [0.15, 0.2) is 0 Å². The summed E-state index contributed by atoms with van der Waals surface area (Å²) >= 11 is 0. The van der Waals surface area contributed by atoms with Crippen molar-refractivity contribution in [3.05, 3.63) is 60.2 Å². The molecule has 0 spiro atoms. The van der Waals surface area contributed by atoms with Crippen molar-refractivity contribution in [3.63, 3.8) is 0 Å². The van der Waals surface area contributed by atoms with Crippen molar-refractivity contribution in [2.24, 2.45) is 0 Å². The minimum Gasteiger partial charge on any atom is -0.383 e. The summed E-state index contributed by atoms with van der Waals surface area (Å²) in [5.74, 6) is 0. The molecular formula is C22H28N4O3. The number of carbonyl (C=O) groups is 2. The zero-order chi connectivity index (χ0) is 20.6. The maximum Gasteiger partial charge on any atom is 0.321 e. The van der Waals surface area contributed by atoms with E-state index >= 15 is 0 Å². The summed E-state index contributed by atoms with van der Waals surface area (Å²) in [5.41, 5.74) is 2.56. The molecule has 29 heavy (non-hydrogen) atoms. The van der Waals surface area contributed by atoms with Crippen molar-refractivity contribution in [2.45, 2.75) is 18.9 Å². The van der Waals surface area contributed by atoms with Crippen LogP contribution < -0.4 is 15.5 Å². The third kappa shape index (κ3) is 5.48. The Morgan fingerprint density at radius 1 is 1.24 bits per heavy atom. The Morgan fingerprint density at radius 2 is 2.03 bits per heavy atom. The van der Waals surface area contributed by atoms with Crippen LogP contribution >= 0.6 is 0 Å². The van der Waals surface area contributed by atoms with Gasteiger partial charge in [0.25, 0.3) is 0 Å². The molecule has 1 unspecified atom stereocenters. The Kier molecular flexibility index (Phi) is 7.08. The van der Waals surface area contributed by atoms with Crippen LogP contribution in [0.4, 0.5) is 21.0 Å². The topological polar surface area (TPSA) is 73.9 Å². The number of urea groups is 2. The highest BCUT2D eigenvalue weighted by molar-refractivity contribution is 5.94. The number of carbonyl (C=O) groups excluding carboxylic acids is 2. The Hall–Kier alpha value is -3.06. The van der Waals surface area contributed by atoms with Gasteiger partial charge < -0.3 is 20.3 Å². The van der Waals surface area contributed by atoms with E-state index in [0.717, 1.165) is 17.7 Å². The first-order valence-electron chi connectivity index (χ1n) is 9.80. The standard InChI is InChI=1S/C22H28N4O3/c1-25(20(16-29-2)14-17-8-4-3-5-9-17)22(28)24-18-10-6-11-19(15-18)26-13-7-12-23-21(26)27/h3-6,8-11,15,20H,7,12-14,16H2,1-2H3,(H,23,27)(H,24,28). The Morgan fingerprint density at radius 3 is 2.76 bits per heavy atom. The highest BCUT2D eigenvalue weighted by Gasteiger charge is 2.22. The normalized spacial score (nSPS) is 14.8. The lowest BCUT2D eigenvalue weighted by atomic mass is 10.1. The number of ether oxygens (including phenoxy) is 1. The van der Waals surface area contributed by atoms with Crippen LogP contribution in [-0.2, 0) is 11.2 Å². The molecule has 3 rings (SSSR count). The molecule has 1 aliphatic rings. The predicted molar refractivity (Wildman–Crippen MR) is 114 cm³/mol. The zero-order valence-electron chi connectivity index (χ0n) is 16.9. The molecule has 0 aliphatic carbocycles. The fourth-order valence-electron chi connectivity index (χ4n) is 3.39.